The SMILES string of the molecule is Cc1cccc(C2C[C@H](N)c3cc(F)ccc3O2)c1. The molecule has 0 aromatic heterocycles. The molecule has 0 bridgehead atoms. The Bertz CT molecular complexity index is 611. The van der Waals surface area contributed by atoms with Crippen LogP contribution in [0.1, 0.15) is 35.3 Å². The largest absolute Gasteiger partial charge is 0.485 e. The Kier molecular flexibility index (Phi) is 2.99. The van der Waals surface area contributed by atoms with Gasteiger partial charge >= 0.3 is 0 Å². The number of hydrogen-bond acceptors (Lipinski definition) is 2. The summed E-state index contributed by atoms with van der Waals surface area (Å²) < 4.78 is 19.2. The van der Waals surface area contributed by atoms with Gasteiger partial charge in [0.15, 0.2) is 0 Å². The Morgan fingerprint density at radius 1 is 1.21 bits per heavy atom. The van der Waals surface area contributed by atoms with Gasteiger partial charge in [0.05, 0.1) is 0 Å². The third-order valence-electron chi connectivity index (χ3n) is 3.52. The van der Waals surface area contributed by atoms with Crippen molar-refractivity contribution in [1.29, 1.82) is 0 Å². The lowest BCUT2D eigenvalue weighted by Gasteiger charge is -2.30. The molecule has 1 unspecified atom stereocenters. The third-order valence-corrected chi connectivity index (χ3v) is 3.52. The average molecular weight is 257 g/mol. The smallest absolute Gasteiger partial charge is 0.126 e. The van der Waals surface area contributed by atoms with E-state index in [2.05, 4.69) is 19.1 Å². The third kappa shape index (κ3) is 2.34. The lowest BCUT2D eigenvalue weighted by Crippen LogP contribution is -2.24. The lowest BCUT2D eigenvalue weighted by molar-refractivity contribution is 0.161. The van der Waals surface area contributed by atoms with Crippen molar-refractivity contribution >= 4 is 0 Å². The minimum Gasteiger partial charge on any atom is -0.485 e. The maximum absolute atomic E-state index is 13.2. The summed E-state index contributed by atoms with van der Waals surface area (Å²) in [4.78, 5) is 0. The fourth-order valence-electron chi connectivity index (χ4n) is 2.55. The highest BCUT2D eigenvalue weighted by atomic mass is 19.1. The van der Waals surface area contributed by atoms with Crippen LogP contribution in [0.4, 0.5) is 4.39 Å². The summed E-state index contributed by atoms with van der Waals surface area (Å²) in [6.45, 7) is 2.05. The van der Waals surface area contributed by atoms with E-state index < -0.39 is 0 Å². The van der Waals surface area contributed by atoms with Crippen LogP contribution < -0.4 is 10.5 Å². The summed E-state index contributed by atoms with van der Waals surface area (Å²) in [5, 5.41) is 0. The first-order valence-corrected chi connectivity index (χ1v) is 6.42. The zero-order valence-corrected chi connectivity index (χ0v) is 10.8. The van der Waals surface area contributed by atoms with E-state index in [0.29, 0.717) is 12.2 Å². The molecule has 0 fully saturated rings. The van der Waals surface area contributed by atoms with Crippen LogP contribution in [0.5, 0.6) is 5.75 Å². The maximum atomic E-state index is 13.2. The number of rotatable bonds is 1. The Morgan fingerprint density at radius 3 is 2.84 bits per heavy atom. The van der Waals surface area contributed by atoms with Crippen LogP contribution in [0.25, 0.3) is 0 Å². The Hall–Kier alpha value is -1.87. The fourth-order valence-corrected chi connectivity index (χ4v) is 2.55. The van der Waals surface area contributed by atoms with Gasteiger partial charge in [-0.15, -0.1) is 0 Å². The highest BCUT2D eigenvalue weighted by Crippen LogP contribution is 2.39. The minimum absolute atomic E-state index is 0.0622. The second-order valence-corrected chi connectivity index (χ2v) is 5.04. The number of fused-ring (bicyclic) bond motifs is 1. The van der Waals surface area contributed by atoms with E-state index in [4.69, 9.17) is 10.5 Å². The standard InChI is InChI=1S/C16H16FNO/c1-10-3-2-4-11(7-10)16-9-14(18)13-8-12(17)5-6-15(13)19-16/h2-8,14,16H,9,18H2,1H3/t14-,16?/m0/s1. The van der Waals surface area contributed by atoms with Crippen molar-refractivity contribution in [3.63, 3.8) is 0 Å². The first-order chi connectivity index (χ1) is 9.13. The number of aryl methyl sites for hydroxylation is 1. The normalized spacial score (nSPS) is 21.6. The molecule has 0 amide bonds. The van der Waals surface area contributed by atoms with E-state index in [1.54, 1.807) is 6.07 Å². The fraction of sp³-hybridized carbons (Fsp3) is 0.250. The summed E-state index contributed by atoms with van der Waals surface area (Å²) in [5.41, 5.74) is 9.20. The predicted octanol–water partition coefficient (Wildman–Crippen LogP) is 3.66. The molecule has 2 atom stereocenters. The summed E-state index contributed by atoms with van der Waals surface area (Å²) in [7, 11) is 0. The summed E-state index contributed by atoms with van der Waals surface area (Å²) in [6.07, 6.45) is 0.604. The van der Waals surface area contributed by atoms with Crippen LogP contribution in [-0.4, -0.2) is 0 Å². The van der Waals surface area contributed by atoms with Crippen LogP contribution in [0.2, 0.25) is 0 Å². The van der Waals surface area contributed by atoms with Crippen molar-refractivity contribution in [2.45, 2.75) is 25.5 Å². The number of ether oxygens (including phenoxy) is 1. The van der Waals surface area contributed by atoms with Crippen molar-refractivity contribution < 1.29 is 9.13 Å². The monoisotopic (exact) mass is 257 g/mol. The molecule has 3 rings (SSSR count). The molecule has 2 nitrogen and oxygen atoms in total. The average Bonchev–Trinajstić information content (AvgIpc) is 2.39. The van der Waals surface area contributed by atoms with E-state index in [1.165, 1.54) is 17.7 Å². The first-order valence-electron chi connectivity index (χ1n) is 6.42. The molecule has 3 heteroatoms. The molecule has 1 aliphatic heterocycles. The van der Waals surface area contributed by atoms with Crippen LogP contribution in [0, 0.1) is 12.7 Å². The van der Waals surface area contributed by atoms with Gasteiger partial charge < -0.3 is 10.5 Å². The molecule has 0 saturated heterocycles. The summed E-state index contributed by atoms with van der Waals surface area (Å²) >= 11 is 0. The predicted molar refractivity (Wildman–Crippen MR) is 72.5 cm³/mol. The number of hydrogen-bond donors (Lipinski definition) is 1. The van der Waals surface area contributed by atoms with Crippen molar-refractivity contribution in [3.05, 3.63) is 65.0 Å². The molecule has 1 aliphatic rings. The highest BCUT2D eigenvalue weighted by molar-refractivity contribution is 5.39. The van der Waals surface area contributed by atoms with Gasteiger partial charge in [0.2, 0.25) is 0 Å². The molecule has 0 spiro atoms. The molecule has 2 N–H and O–H groups in total. The van der Waals surface area contributed by atoms with E-state index in [0.717, 1.165) is 11.1 Å². The number of halogens is 1. The molecule has 2 aromatic rings. The molecule has 2 aromatic carbocycles. The minimum atomic E-state index is -0.271. The second-order valence-electron chi connectivity index (χ2n) is 5.04. The van der Waals surface area contributed by atoms with Gasteiger partial charge in [-0.2, -0.15) is 0 Å². The Balaban J connectivity index is 1.95. The topological polar surface area (TPSA) is 35.2 Å². The van der Waals surface area contributed by atoms with Crippen molar-refractivity contribution in [2.24, 2.45) is 5.73 Å². The molecule has 0 aliphatic carbocycles. The van der Waals surface area contributed by atoms with E-state index in [1.807, 2.05) is 12.1 Å². The molecule has 0 saturated carbocycles. The zero-order chi connectivity index (χ0) is 13.4. The molecule has 0 radical (unpaired) electrons. The van der Waals surface area contributed by atoms with Crippen molar-refractivity contribution in [3.8, 4) is 5.75 Å². The van der Waals surface area contributed by atoms with Crippen LogP contribution in [0.15, 0.2) is 42.5 Å². The van der Waals surface area contributed by atoms with E-state index >= 15 is 0 Å². The van der Waals surface area contributed by atoms with E-state index in [-0.39, 0.29) is 18.0 Å². The number of benzene rings is 2. The summed E-state index contributed by atoms with van der Waals surface area (Å²) in [6, 6.07) is 12.5. The highest BCUT2D eigenvalue weighted by Gasteiger charge is 2.27. The van der Waals surface area contributed by atoms with Gasteiger partial charge in [-0.05, 0) is 30.7 Å². The van der Waals surface area contributed by atoms with Gasteiger partial charge in [0.25, 0.3) is 0 Å². The quantitative estimate of drug-likeness (QED) is 0.846. The first kappa shape index (κ1) is 12.2. The van der Waals surface area contributed by atoms with Gasteiger partial charge in [-0.1, -0.05) is 29.8 Å². The number of nitrogens with two attached hydrogens (primary N) is 1. The van der Waals surface area contributed by atoms with Gasteiger partial charge in [0.1, 0.15) is 17.7 Å². The molecule has 98 valence electrons. The molecular weight excluding hydrogens is 241 g/mol. The Labute approximate surface area is 112 Å². The van der Waals surface area contributed by atoms with Gasteiger partial charge in [-0.25, -0.2) is 4.39 Å². The van der Waals surface area contributed by atoms with Crippen molar-refractivity contribution in [1.82, 2.24) is 0 Å². The van der Waals surface area contributed by atoms with Crippen LogP contribution >= 0.6 is 0 Å². The lowest BCUT2D eigenvalue weighted by atomic mass is 9.93. The molecule has 1 heterocycles. The van der Waals surface area contributed by atoms with Crippen LogP contribution in [0.3, 0.4) is 0 Å². The maximum Gasteiger partial charge on any atom is 0.126 e. The van der Waals surface area contributed by atoms with Gasteiger partial charge in [0, 0.05) is 18.0 Å². The molecule has 19 heavy (non-hydrogen) atoms. The van der Waals surface area contributed by atoms with Gasteiger partial charge in [-0.3, -0.25) is 0 Å². The second kappa shape index (κ2) is 4.67. The molecular formula is C16H16FNO. The zero-order valence-electron chi connectivity index (χ0n) is 10.8. The summed E-state index contributed by atoms with van der Waals surface area (Å²) in [5.74, 6) is 0.415. The van der Waals surface area contributed by atoms with Crippen molar-refractivity contribution in [2.75, 3.05) is 0 Å². The van der Waals surface area contributed by atoms with Crippen LogP contribution in [-0.2, 0) is 0 Å². The Morgan fingerprint density at radius 2 is 2.05 bits per heavy atom. The van der Waals surface area contributed by atoms with E-state index in [9.17, 15) is 4.39 Å².